The van der Waals surface area contributed by atoms with E-state index in [1.807, 2.05) is 0 Å². The van der Waals surface area contributed by atoms with Gasteiger partial charge in [-0.3, -0.25) is 4.79 Å². The Hall–Kier alpha value is -3.29. The first-order valence-electron chi connectivity index (χ1n) is 7.77. The average molecular weight is 359 g/mol. The summed E-state index contributed by atoms with van der Waals surface area (Å²) >= 11 is 0. The Morgan fingerprint density at radius 3 is 2.65 bits per heavy atom. The van der Waals surface area contributed by atoms with E-state index >= 15 is 0 Å². The van der Waals surface area contributed by atoms with Crippen molar-refractivity contribution in [1.82, 2.24) is 10.1 Å². The van der Waals surface area contributed by atoms with Crippen LogP contribution in [0.3, 0.4) is 0 Å². The van der Waals surface area contributed by atoms with Gasteiger partial charge in [-0.15, -0.1) is 0 Å². The lowest BCUT2D eigenvalue weighted by molar-refractivity contribution is -0.116. The summed E-state index contributed by atoms with van der Waals surface area (Å²) in [6.07, 6.45) is 0.207. The van der Waals surface area contributed by atoms with Crippen LogP contribution in [0.1, 0.15) is 12.3 Å². The number of nitrogens with one attached hydrogen (secondary N) is 1. The molecular formula is C18H15F2N3O3. The van der Waals surface area contributed by atoms with Gasteiger partial charge in [0.25, 0.3) is 0 Å². The monoisotopic (exact) mass is 359 g/mol. The third-order valence-corrected chi connectivity index (χ3v) is 3.59. The Balaban J connectivity index is 1.58. The fourth-order valence-electron chi connectivity index (χ4n) is 2.24. The van der Waals surface area contributed by atoms with Crippen molar-refractivity contribution in [3.63, 3.8) is 0 Å². The van der Waals surface area contributed by atoms with Gasteiger partial charge in [-0.25, -0.2) is 8.78 Å². The molecule has 0 saturated heterocycles. The molecule has 1 aromatic heterocycles. The number of carbonyl (C=O) groups excluding carboxylic acids is 1. The van der Waals surface area contributed by atoms with Gasteiger partial charge in [0.15, 0.2) is 0 Å². The van der Waals surface area contributed by atoms with Crippen LogP contribution in [0.25, 0.3) is 11.4 Å². The van der Waals surface area contributed by atoms with Gasteiger partial charge in [-0.05, 0) is 36.4 Å². The molecule has 3 aromatic rings. The molecule has 6 nitrogen and oxygen atoms in total. The van der Waals surface area contributed by atoms with Gasteiger partial charge in [-0.1, -0.05) is 5.16 Å². The number of aromatic nitrogens is 2. The van der Waals surface area contributed by atoms with E-state index < -0.39 is 17.5 Å². The zero-order valence-electron chi connectivity index (χ0n) is 13.8. The van der Waals surface area contributed by atoms with Gasteiger partial charge >= 0.3 is 0 Å². The normalized spacial score (nSPS) is 10.6. The van der Waals surface area contributed by atoms with E-state index in [2.05, 4.69) is 15.5 Å². The highest BCUT2D eigenvalue weighted by atomic mass is 19.1. The highest BCUT2D eigenvalue weighted by Crippen LogP contribution is 2.20. The van der Waals surface area contributed by atoms with Crippen molar-refractivity contribution in [2.24, 2.45) is 0 Å². The molecule has 1 heterocycles. The summed E-state index contributed by atoms with van der Waals surface area (Å²) in [5, 5.41) is 6.24. The van der Waals surface area contributed by atoms with Crippen LogP contribution in [0.4, 0.5) is 14.5 Å². The minimum atomic E-state index is -0.835. The Kier molecular flexibility index (Phi) is 5.21. The molecule has 0 aliphatic rings. The Morgan fingerprint density at radius 2 is 1.96 bits per heavy atom. The lowest BCUT2D eigenvalue weighted by Crippen LogP contribution is -2.13. The van der Waals surface area contributed by atoms with Crippen molar-refractivity contribution in [3.8, 4) is 17.1 Å². The lowest BCUT2D eigenvalue weighted by atomic mass is 10.2. The maximum atomic E-state index is 13.5. The average Bonchev–Trinajstić information content (AvgIpc) is 3.11. The molecule has 1 amide bonds. The number of carbonyl (C=O) groups is 1. The SMILES string of the molecule is COc1ccc(-c2noc(CCC(=O)Nc3ccc(F)cc3F)n2)cc1. The molecule has 26 heavy (non-hydrogen) atoms. The van der Waals surface area contributed by atoms with E-state index in [0.717, 1.165) is 17.7 Å². The smallest absolute Gasteiger partial charge is 0.227 e. The molecule has 3 rings (SSSR count). The van der Waals surface area contributed by atoms with E-state index in [-0.39, 0.29) is 24.4 Å². The number of methoxy groups -OCH3 is 1. The molecule has 0 radical (unpaired) electrons. The first-order chi connectivity index (χ1) is 12.5. The molecule has 2 aromatic carbocycles. The van der Waals surface area contributed by atoms with E-state index in [1.165, 1.54) is 0 Å². The number of ether oxygens (including phenoxy) is 1. The largest absolute Gasteiger partial charge is 0.497 e. The zero-order chi connectivity index (χ0) is 18.5. The van der Waals surface area contributed by atoms with Gasteiger partial charge in [0.05, 0.1) is 12.8 Å². The summed E-state index contributed by atoms with van der Waals surface area (Å²) in [4.78, 5) is 16.1. The number of hydrogen-bond acceptors (Lipinski definition) is 5. The van der Waals surface area contributed by atoms with Crippen molar-refractivity contribution in [2.75, 3.05) is 12.4 Å². The summed E-state index contributed by atoms with van der Waals surface area (Å²) in [5.41, 5.74) is 0.666. The van der Waals surface area contributed by atoms with Crippen LogP contribution in [0.2, 0.25) is 0 Å². The first-order valence-corrected chi connectivity index (χ1v) is 7.77. The number of anilines is 1. The molecule has 0 saturated carbocycles. The van der Waals surface area contributed by atoms with E-state index in [0.29, 0.717) is 17.6 Å². The van der Waals surface area contributed by atoms with Crippen molar-refractivity contribution in [3.05, 3.63) is 60.0 Å². The Morgan fingerprint density at radius 1 is 1.19 bits per heavy atom. The predicted molar refractivity (Wildman–Crippen MR) is 89.6 cm³/mol. The van der Waals surface area contributed by atoms with Crippen LogP contribution in [0.5, 0.6) is 5.75 Å². The molecule has 0 unspecified atom stereocenters. The molecule has 0 fully saturated rings. The summed E-state index contributed by atoms with van der Waals surface area (Å²) in [7, 11) is 1.57. The van der Waals surface area contributed by atoms with Gasteiger partial charge < -0.3 is 14.6 Å². The number of amides is 1. The number of halogens is 2. The van der Waals surface area contributed by atoms with E-state index in [9.17, 15) is 13.6 Å². The summed E-state index contributed by atoms with van der Waals surface area (Å²) in [6.45, 7) is 0. The zero-order valence-corrected chi connectivity index (χ0v) is 13.8. The van der Waals surface area contributed by atoms with Crippen molar-refractivity contribution in [2.45, 2.75) is 12.8 Å². The second-order valence-electron chi connectivity index (χ2n) is 5.41. The molecular weight excluding hydrogens is 344 g/mol. The highest BCUT2D eigenvalue weighted by molar-refractivity contribution is 5.90. The number of benzene rings is 2. The van der Waals surface area contributed by atoms with Crippen LogP contribution in [0.15, 0.2) is 47.0 Å². The Labute approximate surface area is 147 Å². The fourth-order valence-corrected chi connectivity index (χ4v) is 2.24. The van der Waals surface area contributed by atoms with Crippen molar-refractivity contribution >= 4 is 11.6 Å². The summed E-state index contributed by atoms with van der Waals surface area (Å²) in [5.74, 6) is -0.601. The maximum Gasteiger partial charge on any atom is 0.227 e. The molecule has 0 bridgehead atoms. The standard InChI is InChI=1S/C18H15F2N3O3/c1-25-13-5-2-11(3-6-13)18-22-17(26-23-18)9-8-16(24)21-15-7-4-12(19)10-14(15)20/h2-7,10H,8-9H2,1H3,(H,21,24). The van der Waals surface area contributed by atoms with Crippen LogP contribution in [-0.2, 0) is 11.2 Å². The molecule has 0 aliphatic heterocycles. The topological polar surface area (TPSA) is 77.2 Å². The van der Waals surface area contributed by atoms with Gasteiger partial charge in [0.1, 0.15) is 17.4 Å². The van der Waals surface area contributed by atoms with E-state index in [1.54, 1.807) is 31.4 Å². The lowest BCUT2D eigenvalue weighted by Gasteiger charge is -2.05. The molecule has 134 valence electrons. The first kappa shape index (κ1) is 17.5. The second kappa shape index (κ2) is 7.73. The van der Waals surface area contributed by atoms with Crippen molar-refractivity contribution in [1.29, 1.82) is 0 Å². The quantitative estimate of drug-likeness (QED) is 0.728. The van der Waals surface area contributed by atoms with Gasteiger partial charge in [0.2, 0.25) is 17.6 Å². The fraction of sp³-hybridized carbons (Fsp3) is 0.167. The van der Waals surface area contributed by atoms with Crippen molar-refractivity contribution < 1.29 is 22.8 Å². The van der Waals surface area contributed by atoms with E-state index in [4.69, 9.17) is 9.26 Å². The molecule has 8 heteroatoms. The van der Waals surface area contributed by atoms with Crippen LogP contribution >= 0.6 is 0 Å². The highest BCUT2D eigenvalue weighted by Gasteiger charge is 2.12. The second-order valence-corrected chi connectivity index (χ2v) is 5.41. The molecule has 1 N–H and O–H groups in total. The molecule has 0 aliphatic carbocycles. The maximum absolute atomic E-state index is 13.5. The number of rotatable bonds is 6. The molecule has 0 spiro atoms. The minimum absolute atomic E-state index is 0.0149. The van der Waals surface area contributed by atoms with Crippen LogP contribution < -0.4 is 10.1 Å². The van der Waals surface area contributed by atoms with Crippen LogP contribution in [0, 0.1) is 11.6 Å². The molecule has 0 atom stereocenters. The van der Waals surface area contributed by atoms with Gasteiger partial charge in [0, 0.05) is 24.5 Å². The summed E-state index contributed by atoms with van der Waals surface area (Å²) in [6, 6.07) is 10.1. The summed E-state index contributed by atoms with van der Waals surface area (Å²) < 4.78 is 36.6. The minimum Gasteiger partial charge on any atom is -0.497 e. The van der Waals surface area contributed by atoms with Gasteiger partial charge in [-0.2, -0.15) is 4.98 Å². The number of hydrogen-bond donors (Lipinski definition) is 1. The third-order valence-electron chi connectivity index (χ3n) is 3.59. The third kappa shape index (κ3) is 4.21. The Bertz CT molecular complexity index is 910. The number of nitrogens with zero attached hydrogens (tertiary/aromatic N) is 2. The van der Waals surface area contributed by atoms with Crippen LogP contribution in [-0.4, -0.2) is 23.2 Å². The number of aryl methyl sites for hydroxylation is 1. The predicted octanol–water partition coefficient (Wildman–Crippen LogP) is 3.59.